The van der Waals surface area contributed by atoms with E-state index in [0.29, 0.717) is 19.6 Å². The van der Waals surface area contributed by atoms with Crippen molar-refractivity contribution in [3.63, 3.8) is 0 Å². The van der Waals surface area contributed by atoms with Crippen LogP contribution >= 0.6 is 0 Å². The van der Waals surface area contributed by atoms with Gasteiger partial charge < -0.3 is 15.5 Å². The van der Waals surface area contributed by atoms with E-state index in [9.17, 15) is 4.79 Å². The highest BCUT2D eigenvalue weighted by Gasteiger charge is 2.21. The molecule has 0 bridgehead atoms. The van der Waals surface area contributed by atoms with Gasteiger partial charge in [-0.2, -0.15) is 20.0 Å². The SMILES string of the molecule is Cc1cc(N2CCCN(C(=O)Cn3nc4ccccc4n3)CC2)nc(N)n1. The smallest absolute Gasteiger partial charge is 0.246 e. The average Bonchev–Trinajstić information content (AvgIpc) is 2.87. The number of carbonyl (C=O) groups is 1. The molecule has 1 saturated heterocycles. The number of anilines is 2. The van der Waals surface area contributed by atoms with Gasteiger partial charge in [-0.1, -0.05) is 12.1 Å². The van der Waals surface area contributed by atoms with Gasteiger partial charge in [0.15, 0.2) is 0 Å². The van der Waals surface area contributed by atoms with Crippen molar-refractivity contribution in [2.45, 2.75) is 19.9 Å². The molecule has 0 radical (unpaired) electrons. The van der Waals surface area contributed by atoms with Crippen LogP contribution in [0, 0.1) is 6.92 Å². The molecule has 1 fully saturated rings. The van der Waals surface area contributed by atoms with Crippen molar-refractivity contribution in [1.29, 1.82) is 0 Å². The average molecular weight is 366 g/mol. The molecule has 0 saturated carbocycles. The summed E-state index contributed by atoms with van der Waals surface area (Å²) in [4.78, 5) is 26.6. The number of amides is 1. The van der Waals surface area contributed by atoms with Crippen LogP contribution in [0.3, 0.4) is 0 Å². The Hall–Kier alpha value is -3.23. The second-order valence-corrected chi connectivity index (χ2v) is 6.67. The summed E-state index contributed by atoms with van der Waals surface area (Å²) in [6.07, 6.45) is 0.864. The topological polar surface area (TPSA) is 106 Å². The van der Waals surface area contributed by atoms with E-state index >= 15 is 0 Å². The Morgan fingerprint density at radius 2 is 1.81 bits per heavy atom. The molecule has 9 heteroatoms. The van der Waals surface area contributed by atoms with E-state index in [1.807, 2.05) is 42.2 Å². The number of hydrogen-bond donors (Lipinski definition) is 1. The van der Waals surface area contributed by atoms with Crippen LogP contribution < -0.4 is 10.6 Å². The molecular formula is C18H22N8O. The Kier molecular flexibility index (Phi) is 4.57. The van der Waals surface area contributed by atoms with Crippen LogP contribution in [-0.2, 0) is 11.3 Å². The summed E-state index contributed by atoms with van der Waals surface area (Å²) in [5.74, 6) is 1.11. The number of nitrogens with zero attached hydrogens (tertiary/aromatic N) is 7. The van der Waals surface area contributed by atoms with Crippen molar-refractivity contribution in [3.8, 4) is 0 Å². The molecular weight excluding hydrogens is 344 g/mol. The number of fused-ring (bicyclic) bond motifs is 1. The van der Waals surface area contributed by atoms with Crippen LogP contribution in [0.25, 0.3) is 11.0 Å². The van der Waals surface area contributed by atoms with Gasteiger partial charge >= 0.3 is 0 Å². The summed E-state index contributed by atoms with van der Waals surface area (Å²) in [6, 6.07) is 9.53. The van der Waals surface area contributed by atoms with Crippen molar-refractivity contribution in [2.75, 3.05) is 36.8 Å². The highest BCUT2D eigenvalue weighted by atomic mass is 16.2. The zero-order chi connectivity index (χ0) is 18.8. The van der Waals surface area contributed by atoms with Crippen LogP contribution in [-0.4, -0.2) is 61.9 Å². The maximum absolute atomic E-state index is 12.7. The molecule has 2 aromatic heterocycles. The lowest BCUT2D eigenvalue weighted by molar-refractivity contribution is -0.132. The van der Waals surface area contributed by atoms with Crippen LogP contribution in [0.15, 0.2) is 30.3 Å². The molecule has 0 spiro atoms. The summed E-state index contributed by atoms with van der Waals surface area (Å²) in [6.45, 7) is 4.91. The molecule has 0 aliphatic carbocycles. The van der Waals surface area contributed by atoms with Crippen molar-refractivity contribution >= 4 is 28.7 Å². The van der Waals surface area contributed by atoms with Crippen LogP contribution in [0.5, 0.6) is 0 Å². The summed E-state index contributed by atoms with van der Waals surface area (Å²) in [5.41, 5.74) is 8.20. The van der Waals surface area contributed by atoms with E-state index in [0.717, 1.165) is 35.5 Å². The summed E-state index contributed by atoms with van der Waals surface area (Å²) in [5, 5.41) is 8.74. The first-order valence-corrected chi connectivity index (χ1v) is 9.02. The summed E-state index contributed by atoms with van der Waals surface area (Å²) >= 11 is 0. The Morgan fingerprint density at radius 1 is 1.07 bits per heavy atom. The van der Waals surface area contributed by atoms with E-state index in [4.69, 9.17) is 5.73 Å². The van der Waals surface area contributed by atoms with Crippen molar-refractivity contribution in [2.24, 2.45) is 0 Å². The van der Waals surface area contributed by atoms with Gasteiger partial charge in [0.25, 0.3) is 0 Å². The molecule has 140 valence electrons. The standard InChI is InChI=1S/C18H22N8O/c1-13-11-16(21-18(19)20-13)24-7-4-8-25(10-9-24)17(27)12-26-22-14-5-2-3-6-15(14)23-26/h2-3,5-6,11H,4,7-10,12H2,1H3,(H2,19,20,21). The molecule has 1 aromatic carbocycles. The molecule has 0 unspecified atom stereocenters. The zero-order valence-corrected chi connectivity index (χ0v) is 15.2. The summed E-state index contributed by atoms with van der Waals surface area (Å²) < 4.78 is 0. The summed E-state index contributed by atoms with van der Waals surface area (Å²) in [7, 11) is 0. The van der Waals surface area contributed by atoms with Gasteiger partial charge in [0.1, 0.15) is 23.4 Å². The van der Waals surface area contributed by atoms with E-state index in [1.54, 1.807) is 0 Å². The molecule has 4 rings (SSSR count). The van der Waals surface area contributed by atoms with Crippen molar-refractivity contribution in [1.82, 2.24) is 29.9 Å². The fourth-order valence-electron chi connectivity index (χ4n) is 3.33. The third-order valence-corrected chi connectivity index (χ3v) is 4.64. The molecule has 27 heavy (non-hydrogen) atoms. The second-order valence-electron chi connectivity index (χ2n) is 6.67. The fourth-order valence-corrected chi connectivity index (χ4v) is 3.33. The van der Waals surface area contributed by atoms with Gasteiger partial charge in [0.05, 0.1) is 0 Å². The van der Waals surface area contributed by atoms with Crippen LogP contribution in [0.2, 0.25) is 0 Å². The highest BCUT2D eigenvalue weighted by molar-refractivity contribution is 5.77. The van der Waals surface area contributed by atoms with Crippen molar-refractivity contribution < 1.29 is 4.79 Å². The Morgan fingerprint density at radius 3 is 2.52 bits per heavy atom. The van der Waals surface area contributed by atoms with E-state index in [1.165, 1.54) is 4.80 Å². The molecule has 3 heterocycles. The molecule has 3 aromatic rings. The first-order chi connectivity index (χ1) is 13.1. The molecule has 0 atom stereocenters. The molecule has 1 aliphatic heterocycles. The number of hydrogen-bond acceptors (Lipinski definition) is 7. The predicted molar refractivity (Wildman–Crippen MR) is 102 cm³/mol. The quantitative estimate of drug-likeness (QED) is 0.732. The maximum Gasteiger partial charge on any atom is 0.246 e. The lowest BCUT2D eigenvalue weighted by Gasteiger charge is -2.23. The first-order valence-electron chi connectivity index (χ1n) is 9.02. The van der Waals surface area contributed by atoms with Gasteiger partial charge in [-0.05, 0) is 25.5 Å². The number of benzene rings is 1. The normalized spacial score (nSPS) is 15.1. The van der Waals surface area contributed by atoms with E-state index in [2.05, 4.69) is 25.1 Å². The second kappa shape index (κ2) is 7.18. The zero-order valence-electron chi connectivity index (χ0n) is 15.2. The van der Waals surface area contributed by atoms with Crippen LogP contribution in [0.4, 0.5) is 11.8 Å². The van der Waals surface area contributed by atoms with Gasteiger partial charge in [-0.25, -0.2) is 4.98 Å². The lowest BCUT2D eigenvalue weighted by atomic mass is 10.3. The van der Waals surface area contributed by atoms with E-state index in [-0.39, 0.29) is 18.4 Å². The van der Waals surface area contributed by atoms with E-state index < -0.39 is 0 Å². The van der Waals surface area contributed by atoms with Crippen molar-refractivity contribution in [3.05, 3.63) is 36.0 Å². The maximum atomic E-state index is 12.7. The highest BCUT2D eigenvalue weighted by Crippen LogP contribution is 2.16. The Labute approximate surface area is 156 Å². The minimum Gasteiger partial charge on any atom is -0.368 e. The Balaban J connectivity index is 1.42. The van der Waals surface area contributed by atoms with Crippen LogP contribution in [0.1, 0.15) is 12.1 Å². The number of nitrogen functional groups attached to an aromatic ring is 1. The number of aryl methyl sites for hydroxylation is 1. The lowest BCUT2D eigenvalue weighted by Crippen LogP contribution is -2.37. The molecule has 9 nitrogen and oxygen atoms in total. The molecule has 1 amide bonds. The van der Waals surface area contributed by atoms with Gasteiger partial charge in [0, 0.05) is 37.9 Å². The fraction of sp³-hybridized carbons (Fsp3) is 0.389. The monoisotopic (exact) mass is 366 g/mol. The van der Waals surface area contributed by atoms with Gasteiger partial charge in [0.2, 0.25) is 11.9 Å². The van der Waals surface area contributed by atoms with Gasteiger partial charge in [-0.3, -0.25) is 4.79 Å². The minimum absolute atomic E-state index is 0.0236. The third-order valence-electron chi connectivity index (χ3n) is 4.64. The number of aromatic nitrogens is 5. The largest absolute Gasteiger partial charge is 0.368 e. The molecule has 2 N–H and O–H groups in total. The van der Waals surface area contributed by atoms with Gasteiger partial charge in [-0.15, -0.1) is 0 Å². The minimum atomic E-state index is 0.0236. The first kappa shape index (κ1) is 17.2. The number of nitrogens with two attached hydrogens (primary N) is 1. The number of carbonyl (C=O) groups excluding carboxylic acids is 1. The predicted octanol–water partition coefficient (Wildman–Crippen LogP) is 0.851. The third kappa shape index (κ3) is 3.81. The number of rotatable bonds is 3. The Bertz CT molecular complexity index is 916. The molecule has 1 aliphatic rings.